The van der Waals surface area contributed by atoms with E-state index in [1.165, 1.54) is 11.5 Å². The molecule has 0 N–H and O–H groups in total. The summed E-state index contributed by atoms with van der Waals surface area (Å²) in [6, 6.07) is 0. The Hall–Kier alpha value is -0.0200. The molecule has 2 nitrogen and oxygen atoms in total. The summed E-state index contributed by atoms with van der Waals surface area (Å²) in [5.41, 5.74) is 0.0693. The molecule has 1 spiro atoms. The molecule has 2 fully saturated rings. The van der Waals surface area contributed by atoms with E-state index in [0.717, 1.165) is 32.3 Å². The Labute approximate surface area is 89.8 Å². The lowest BCUT2D eigenvalue weighted by Gasteiger charge is -2.42. The molecule has 0 bridgehead atoms. The van der Waals surface area contributed by atoms with Crippen molar-refractivity contribution in [2.45, 2.75) is 38.2 Å². The third-order valence-corrected chi connectivity index (χ3v) is 4.46. The molecule has 2 heterocycles. The van der Waals surface area contributed by atoms with Crippen molar-refractivity contribution in [3.8, 4) is 0 Å². The van der Waals surface area contributed by atoms with Crippen molar-refractivity contribution in [2.75, 3.05) is 18.1 Å². The van der Waals surface area contributed by atoms with Crippen LogP contribution in [-0.4, -0.2) is 29.5 Å². The molecule has 1 atom stereocenters. The second-order valence-electron chi connectivity index (χ2n) is 4.44. The molecule has 14 heavy (non-hydrogen) atoms. The minimum absolute atomic E-state index is 0.0693. The monoisotopic (exact) mass is 214 g/mol. The van der Waals surface area contributed by atoms with Crippen molar-refractivity contribution in [2.24, 2.45) is 5.92 Å². The van der Waals surface area contributed by atoms with Crippen LogP contribution in [0.4, 0.5) is 0 Å². The normalized spacial score (nSPS) is 31.6. The van der Waals surface area contributed by atoms with Crippen LogP contribution in [0.25, 0.3) is 0 Å². The third kappa shape index (κ3) is 2.14. The number of ether oxygens (including phenoxy) is 1. The topological polar surface area (TPSA) is 26.3 Å². The van der Waals surface area contributed by atoms with Crippen LogP contribution in [-0.2, 0) is 9.53 Å². The predicted octanol–water partition coefficient (Wildman–Crippen LogP) is 2.27. The summed E-state index contributed by atoms with van der Waals surface area (Å²) in [5.74, 6) is 3.02. The summed E-state index contributed by atoms with van der Waals surface area (Å²) in [6.07, 6.45) is 4.19. The second-order valence-corrected chi connectivity index (χ2v) is 5.67. The molecule has 0 amide bonds. The smallest absolute Gasteiger partial charge is 0.133 e. The summed E-state index contributed by atoms with van der Waals surface area (Å²) in [7, 11) is 0. The van der Waals surface area contributed by atoms with Crippen LogP contribution in [0.15, 0.2) is 0 Å². The Kier molecular flexibility index (Phi) is 3.17. The SMILES string of the molecule is CC(=O)C1CCOC2(CCSCC2)C1. The van der Waals surface area contributed by atoms with E-state index in [4.69, 9.17) is 4.74 Å². The van der Waals surface area contributed by atoms with Crippen molar-refractivity contribution in [1.82, 2.24) is 0 Å². The fourth-order valence-electron chi connectivity index (χ4n) is 2.47. The molecule has 0 aliphatic carbocycles. The van der Waals surface area contributed by atoms with E-state index in [0.29, 0.717) is 5.78 Å². The average molecular weight is 214 g/mol. The van der Waals surface area contributed by atoms with Crippen LogP contribution < -0.4 is 0 Å². The summed E-state index contributed by atoms with van der Waals surface area (Å²) >= 11 is 2.01. The number of thioether (sulfide) groups is 1. The fraction of sp³-hybridized carbons (Fsp3) is 0.909. The summed E-state index contributed by atoms with van der Waals surface area (Å²) in [6.45, 7) is 2.51. The van der Waals surface area contributed by atoms with Crippen molar-refractivity contribution in [1.29, 1.82) is 0 Å². The van der Waals surface area contributed by atoms with Gasteiger partial charge in [-0.1, -0.05) is 0 Å². The zero-order valence-corrected chi connectivity index (χ0v) is 9.57. The highest BCUT2D eigenvalue weighted by atomic mass is 32.2. The first-order valence-corrected chi connectivity index (χ1v) is 6.59. The molecular weight excluding hydrogens is 196 g/mol. The molecule has 2 aliphatic heterocycles. The van der Waals surface area contributed by atoms with Gasteiger partial charge >= 0.3 is 0 Å². The summed E-state index contributed by atoms with van der Waals surface area (Å²) in [5, 5.41) is 0. The molecule has 1 unspecified atom stereocenters. The first-order chi connectivity index (χ1) is 6.72. The lowest BCUT2D eigenvalue weighted by Crippen LogP contribution is -2.44. The third-order valence-electron chi connectivity index (χ3n) is 3.47. The number of ketones is 1. The van der Waals surface area contributed by atoms with Gasteiger partial charge in [0.05, 0.1) is 5.60 Å². The first kappa shape index (κ1) is 10.5. The maximum Gasteiger partial charge on any atom is 0.133 e. The molecule has 0 aromatic rings. The molecule has 0 saturated carbocycles. The Balaban J connectivity index is 2.01. The van der Waals surface area contributed by atoms with Gasteiger partial charge in [-0.3, -0.25) is 4.79 Å². The van der Waals surface area contributed by atoms with Gasteiger partial charge in [-0.05, 0) is 44.1 Å². The van der Waals surface area contributed by atoms with Gasteiger partial charge in [0.15, 0.2) is 0 Å². The Bertz CT molecular complexity index is 216. The van der Waals surface area contributed by atoms with Crippen molar-refractivity contribution >= 4 is 17.5 Å². The molecule has 2 rings (SSSR count). The number of carbonyl (C=O) groups excluding carboxylic acids is 1. The fourth-order valence-corrected chi connectivity index (χ4v) is 3.70. The van der Waals surface area contributed by atoms with Gasteiger partial charge in [0.2, 0.25) is 0 Å². The van der Waals surface area contributed by atoms with E-state index in [-0.39, 0.29) is 11.5 Å². The van der Waals surface area contributed by atoms with Gasteiger partial charge in [0.25, 0.3) is 0 Å². The molecule has 80 valence electrons. The van der Waals surface area contributed by atoms with Crippen LogP contribution >= 0.6 is 11.8 Å². The number of carbonyl (C=O) groups is 1. The van der Waals surface area contributed by atoms with E-state index in [9.17, 15) is 4.79 Å². The first-order valence-electron chi connectivity index (χ1n) is 5.44. The van der Waals surface area contributed by atoms with E-state index in [1.54, 1.807) is 6.92 Å². The Morgan fingerprint density at radius 2 is 2.14 bits per heavy atom. The standard InChI is InChI=1S/C11H18O2S/c1-9(12)10-2-5-13-11(8-10)3-6-14-7-4-11/h10H,2-8H2,1H3. The van der Waals surface area contributed by atoms with Gasteiger partial charge in [-0.15, -0.1) is 0 Å². The maximum absolute atomic E-state index is 11.4. The number of hydrogen-bond donors (Lipinski definition) is 0. The number of hydrogen-bond acceptors (Lipinski definition) is 3. The predicted molar refractivity (Wildman–Crippen MR) is 58.6 cm³/mol. The molecule has 2 saturated heterocycles. The van der Waals surface area contributed by atoms with Gasteiger partial charge in [-0.2, -0.15) is 11.8 Å². The van der Waals surface area contributed by atoms with Crippen molar-refractivity contribution in [3.63, 3.8) is 0 Å². The van der Waals surface area contributed by atoms with Gasteiger partial charge in [-0.25, -0.2) is 0 Å². The molecular formula is C11H18O2S. The highest BCUT2D eigenvalue weighted by Gasteiger charge is 2.39. The molecule has 2 aliphatic rings. The maximum atomic E-state index is 11.4. The number of rotatable bonds is 1. The van der Waals surface area contributed by atoms with E-state index < -0.39 is 0 Å². The van der Waals surface area contributed by atoms with E-state index in [2.05, 4.69) is 0 Å². The second kappa shape index (κ2) is 4.23. The van der Waals surface area contributed by atoms with Crippen molar-refractivity contribution < 1.29 is 9.53 Å². The van der Waals surface area contributed by atoms with Crippen LogP contribution in [0.3, 0.4) is 0 Å². The van der Waals surface area contributed by atoms with Crippen LogP contribution in [0.2, 0.25) is 0 Å². The largest absolute Gasteiger partial charge is 0.375 e. The minimum atomic E-state index is 0.0693. The van der Waals surface area contributed by atoms with Crippen molar-refractivity contribution in [3.05, 3.63) is 0 Å². The summed E-state index contributed by atoms with van der Waals surface area (Å²) < 4.78 is 5.92. The minimum Gasteiger partial charge on any atom is -0.375 e. The van der Waals surface area contributed by atoms with Gasteiger partial charge in [0.1, 0.15) is 5.78 Å². The van der Waals surface area contributed by atoms with Crippen LogP contribution in [0.1, 0.15) is 32.6 Å². The zero-order chi connectivity index (χ0) is 10.0. The molecule has 3 heteroatoms. The van der Waals surface area contributed by atoms with E-state index in [1.807, 2.05) is 11.8 Å². The van der Waals surface area contributed by atoms with Gasteiger partial charge in [0, 0.05) is 12.5 Å². The van der Waals surface area contributed by atoms with E-state index >= 15 is 0 Å². The number of Topliss-reactive ketones (excluding diaryl/α,β-unsaturated/α-hetero) is 1. The lowest BCUT2D eigenvalue weighted by molar-refractivity contribution is -0.136. The summed E-state index contributed by atoms with van der Waals surface area (Å²) in [4.78, 5) is 11.4. The van der Waals surface area contributed by atoms with Crippen LogP contribution in [0.5, 0.6) is 0 Å². The quantitative estimate of drug-likeness (QED) is 0.670. The highest BCUT2D eigenvalue weighted by Crippen LogP contribution is 2.39. The van der Waals surface area contributed by atoms with Gasteiger partial charge < -0.3 is 4.74 Å². The average Bonchev–Trinajstić information content (AvgIpc) is 2.19. The molecule has 0 radical (unpaired) electrons. The van der Waals surface area contributed by atoms with Crippen LogP contribution in [0, 0.1) is 5.92 Å². The Morgan fingerprint density at radius 3 is 2.79 bits per heavy atom. The zero-order valence-electron chi connectivity index (χ0n) is 8.75. The lowest BCUT2D eigenvalue weighted by atomic mass is 9.80. The molecule has 0 aromatic carbocycles. The Morgan fingerprint density at radius 1 is 1.43 bits per heavy atom. The highest BCUT2D eigenvalue weighted by molar-refractivity contribution is 7.99. The molecule has 0 aromatic heterocycles.